The lowest BCUT2D eigenvalue weighted by Crippen LogP contribution is -2.46. The molecular weight excluding hydrogens is 648 g/mol. The van der Waals surface area contributed by atoms with E-state index in [1.807, 2.05) is 0 Å². The van der Waals surface area contributed by atoms with Gasteiger partial charge in [0.25, 0.3) is 12.1 Å². The minimum Gasteiger partial charge on any atom is -0.387 e. The molecule has 4 unspecified atom stereocenters. The number of carbonyl (C=O) groups is 1. The number of nitrogens with zero attached hydrogens (tertiary/aromatic N) is 5. The van der Waals surface area contributed by atoms with Crippen LogP contribution in [0, 0.1) is 6.92 Å². The average molecular weight is 678 g/mol. The maximum absolute atomic E-state index is 12.5. The Labute approximate surface area is 252 Å². The molecule has 1 amide bonds. The average Bonchev–Trinajstić information content (AvgIpc) is 3.56. The Morgan fingerprint density at radius 2 is 1.64 bits per heavy atom. The number of hydrogen-bond acceptors (Lipinski definition) is 16. The summed E-state index contributed by atoms with van der Waals surface area (Å²) >= 11 is 0. The van der Waals surface area contributed by atoms with Crippen LogP contribution in [0.4, 0.5) is 5.82 Å². The van der Waals surface area contributed by atoms with Gasteiger partial charge in [0.15, 0.2) is 41.7 Å². The molecule has 10 N–H and O–H groups in total. The predicted molar refractivity (Wildman–Crippen MR) is 144 cm³/mol. The van der Waals surface area contributed by atoms with Crippen molar-refractivity contribution in [2.45, 2.75) is 56.0 Å². The van der Waals surface area contributed by atoms with Crippen molar-refractivity contribution < 1.29 is 71.5 Å². The Morgan fingerprint density at radius 1 is 1.02 bits per heavy atom. The third kappa shape index (κ3) is 6.91. The van der Waals surface area contributed by atoms with E-state index in [-0.39, 0.29) is 28.4 Å². The van der Waals surface area contributed by atoms with Gasteiger partial charge in [-0.15, -0.1) is 0 Å². The highest BCUT2D eigenvalue weighted by Gasteiger charge is 2.50. The first kappa shape index (κ1) is 33.4. The van der Waals surface area contributed by atoms with Gasteiger partial charge in [-0.1, -0.05) is 0 Å². The first-order chi connectivity index (χ1) is 21.1. The molecule has 0 spiro atoms. The number of amides is 1. The lowest BCUT2D eigenvalue weighted by Gasteiger charge is -2.20. The Bertz CT molecular complexity index is 1680. The summed E-state index contributed by atoms with van der Waals surface area (Å²) in [6.07, 6.45) is -8.08. The second-order valence-electron chi connectivity index (χ2n) is 10.1. The van der Waals surface area contributed by atoms with Gasteiger partial charge in [0.1, 0.15) is 48.2 Å². The molecule has 3 aromatic heterocycles. The summed E-state index contributed by atoms with van der Waals surface area (Å²) in [4.78, 5) is 43.7. The summed E-state index contributed by atoms with van der Waals surface area (Å²) in [5.41, 5.74) is 11.5. The number of aromatic nitrogens is 5. The van der Waals surface area contributed by atoms with Crippen LogP contribution in [0.25, 0.3) is 11.2 Å². The summed E-state index contributed by atoms with van der Waals surface area (Å²) in [7, 11) is -10.8. The highest BCUT2D eigenvalue weighted by Crippen LogP contribution is 2.60. The lowest BCUT2D eigenvalue weighted by molar-refractivity contribution is -0.765. The number of pyridine rings is 1. The number of phosphoric acid groups is 2. The molecule has 23 heteroatoms. The minimum atomic E-state index is -5.38. The van der Waals surface area contributed by atoms with E-state index in [1.54, 1.807) is 6.92 Å². The number of nitrogens with two attached hydrogens (primary N) is 2. The van der Waals surface area contributed by atoms with Crippen molar-refractivity contribution in [3.05, 3.63) is 42.2 Å². The van der Waals surface area contributed by atoms with Crippen LogP contribution in [0.1, 0.15) is 28.6 Å². The van der Waals surface area contributed by atoms with E-state index < -0.39 is 83.8 Å². The number of imidazole rings is 1. The van der Waals surface area contributed by atoms with E-state index in [9.17, 15) is 44.1 Å². The molecule has 2 aliphatic heterocycles. The number of phosphoric ester groups is 2. The third-order valence-electron chi connectivity index (χ3n) is 7.02. The van der Waals surface area contributed by atoms with Gasteiger partial charge in [0.05, 0.1) is 13.2 Å². The first-order valence-electron chi connectivity index (χ1n) is 13.0. The van der Waals surface area contributed by atoms with Gasteiger partial charge in [-0.3, -0.25) is 18.4 Å². The molecule has 2 saturated heterocycles. The van der Waals surface area contributed by atoms with Gasteiger partial charge < -0.3 is 51.2 Å². The van der Waals surface area contributed by atoms with Crippen LogP contribution in [0.5, 0.6) is 0 Å². The Balaban J connectivity index is 1.17. The largest absolute Gasteiger partial charge is 0.481 e. The van der Waals surface area contributed by atoms with Gasteiger partial charge in [-0.25, -0.2) is 24.1 Å². The molecule has 0 aliphatic carbocycles. The van der Waals surface area contributed by atoms with Gasteiger partial charge >= 0.3 is 15.6 Å². The van der Waals surface area contributed by atoms with Crippen molar-refractivity contribution in [2.24, 2.45) is 5.73 Å². The molecule has 45 heavy (non-hydrogen) atoms. The molecule has 0 aromatic carbocycles. The number of primary amides is 1. The molecule has 5 rings (SSSR count). The smallest absolute Gasteiger partial charge is 0.387 e. The fraction of sp³-hybridized carbons (Fsp3) is 0.500. The van der Waals surface area contributed by atoms with E-state index >= 15 is 0 Å². The van der Waals surface area contributed by atoms with E-state index in [0.29, 0.717) is 0 Å². The van der Waals surface area contributed by atoms with E-state index in [2.05, 4.69) is 19.3 Å². The third-order valence-corrected chi connectivity index (χ3v) is 9.62. The molecule has 2 fully saturated rings. The number of carbonyl (C=O) groups excluding carboxylic acids is 1. The van der Waals surface area contributed by atoms with E-state index in [0.717, 1.165) is 6.33 Å². The Kier molecular flexibility index (Phi) is 9.38. The highest BCUT2D eigenvalue weighted by atomic mass is 31.3. The monoisotopic (exact) mass is 678 g/mol. The van der Waals surface area contributed by atoms with Crippen LogP contribution < -0.4 is 16.0 Å². The highest BCUT2D eigenvalue weighted by molar-refractivity contribution is 7.61. The molecule has 3 aromatic rings. The number of aliphatic hydroxyl groups excluding tert-OH is 4. The fourth-order valence-corrected chi connectivity index (χ4v) is 6.93. The van der Waals surface area contributed by atoms with Gasteiger partial charge in [0.2, 0.25) is 0 Å². The summed E-state index contributed by atoms with van der Waals surface area (Å²) < 4.78 is 52.3. The van der Waals surface area contributed by atoms with Crippen molar-refractivity contribution in [1.82, 2.24) is 19.5 Å². The van der Waals surface area contributed by atoms with Gasteiger partial charge in [-0.2, -0.15) is 8.88 Å². The number of anilines is 1. The minimum absolute atomic E-state index is 0.0580. The number of fused-ring (bicyclic) bond motifs is 1. The molecular formula is C22H30N7O14P2+. The zero-order valence-electron chi connectivity index (χ0n) is 23.2. The number of ether oxygens (including phenoxy) is 2. The number of rotatable bonds is 11. The number of hydrogen-bond donors (Lipinski definition) is 8. The number of nitrogen functional groups attached to an aromatic ring is 1. The summed E-state index contributed by atoms with van der Waals surface area (Å²) in [6.45, 7) is -0.243. The quantitative estimate of drug-likeness (QED) is 0.0755. The SMILES string of the molecule is Cc1nc2c(N)ncnc2n1[C@@H]1O[C@H](COP(=O)(O)OP(=O)(O)OC[C@@H]2O[C@H]([n+]3cccc(C(N)=O)c3)C(O)[C@@H]2O)[C@H](O)C1O. The Hall–Kier alpha value is -3.01. The summed E-state index contributed by atoms with van der Waals surface area (Å²) in [6, 6.07) is 2.84. The van der Waals surface area contributed by atoms with Crippen molar-refractivity contribution in [3.8, 4) is 0 Å². The van der Waals surface area contributed by atoms with E-state index in [1.165, 1.54) is 33.7 Å². The first-order valence-corrected chi connectivity index (χ1v) is 16.0. The van der Waals surface area contributed by atoms with Crippen molar-refractivity contribution in [1.29, 1.82) is 0 Å². The molecule has 21 nitrogen and oxygen atoms in total. The van der Waals surface area contributed by atoms with Crippen molar-refractivity contribution in [3.63, 3.8) is 0 Å². The summed E-state index contributed by atoms with van der Waals surface area (Å²) in [5, 5.41) is 41.9. The van der Waals surface area contributed by atoms with E-state index in [4.69, 9.17) is 30.0 Å². The second-order valence-corrected chi connectivity index (χ2v) is 13.1. The lowest BCUT2D eigenvalue weighted by atomic mass is 10.1. The molecule has 0 radical (unpaired) electrons. The molecule has 246 valence electrons. The standard InChI is InChI=1S/C22H29N7O14P2/c1-9-27-13-18(23)25-8-26-20(13)29(9)22-17(33)15(31)12(42-22)7-40-45(37,38)43-44(35,36)39-6-11-14(30)16(32)21(41-11)28-4-2-3-10(5-28)19(24)34/h2-5,8,11-12,14-17,21-22,30-33H,6-7H2,1H3,(H5-,23,24,25,26,34,35,36,37,38)/p+1/t11-,12+,14+,15-,16?,17?,21-,22+/m0/s1. The van der Waals surface area contributed by atoms with Gasteiger partial charge in [-0.05, 0) is 13.0 Å². The topological polar surface area (TPSA) is 318 Å². The molecule has 0 saturated carbocycles. The maximum atomic E-state index is 12.5. The molecule has 5 heterocycles. The number of aryl methyl sites for hydroxylation is 1. The van der Waals surface area contributed by atoms with Crippen LogP contribution in [-0.2, 0) is 32.0 Å². The molecule has 10 atom stereocenters. The zero-order chi connectivity index (χ0) is 32.8. The zero-order valence-corrected chi connectivity index (χ0v) is 24.9. The van der Waals surface area contributed by atoms with Crippen molar-refractivity contribution >= 4 is 38.5 Å². The maximum Gasteiger partial charge on any atom is 0.481 e. The fourth-order valence-electron chi connectivity index (χ4n) is 4.84. The normalized spacial score (nSPS) is 31.2. The second kappa shape index (κ2) is 12.6. The Morgan fingerprint density at radius 3 is 2.29 bits per heavy atom. The summed E-state index contributed by atoms with van der Waals surface area (Å²) in [5.74, 6) is -0.418. The molecule has 2 aliphatic rings. The van der Waals surface area contributed by atoms with Crippen LogP contribution >= 0.6 is 15.6 Å². The number of aliphatic hydroxyl groups is 4. The van der Waals surface area contributed by atoms with Crippen LogP contribution in [0.15, 0.2) is 30.9 Å². The predicted octanol–water partition coefficient (Wildman–Crippen LogP) is -2.71. The van der Waals surface area contributed by atoms with Crippen LogP contribution in [-0.4, -0.2) is 105 Å². The van der Waals surface area contributed by atoms with Crippen LogP contribution in [0.3, 0.4) is 0 Å². The molecule has 0 bridgehead atoms. The van der Waals surface area contributed by atoms with Crippen LogP contribution in [0.2, 0.25) is 0 Å². The van der Waals surface area contributed by atoms with Crippen molar-refractivity contribution in [2.75, 3.05) is 18.9 Å². The van der Waals surface area contributed by atoms with Gasteiger partial charge in [0, 0.05) is 6.07 Å².